The Morgan fingerprint density at radius 1 is 1.18 bits per heavy atom. The van der Waals surface area contributed by atoms with Crippen LogP contribution in [0.4, 0.5) is 22.0 Å². The fraction of sp³-hybridized carbons (Fsp3) is 0.400. The molecule has 1 aromatic rings. The molecule has 0 heterocycles. The summed E-state index contributed by atoms with van der Waals surface area (Å²) in [7, 11) is 0. The Morgan fingerprint density at radius 2 is 1.76 bits per heavy atom. The van der Waals surface area contributed by atoms with Crippen molar-refractivity contribution in [3.05, 3.63) is 35.4 Å². The molecule has 2 nitrogen and oxygen atoms in total. The lowest BCUT2D eigenvalue weighted by molar-refractivity contribution is -0.289. The quantitative estimate of drug-likeness (QED) is 0.664. The smallest absolute Gasteiger partial charge is 0.297 e. The van der Waals surface area contributed by atoms with Gasteiger partial charge in [0.15, 0.2) is 0 Å². The molecule has 1 unspecified atom stereocenters. The van der Waals surface area contributed by atoms with Crippen LogP contribution in [0.15, 0.2) is 24.3 Å². The molecule has 0 aliphatic rings. The van der Waals surface area contributed by atoms with Crippen LogP contribution in [0.2, 0.25) is 0 Å². The van der Waals surface area contributed by atoms with Crippen LogP contribution < -0.4 is 5.90 Å². The van der Waals surface area contributed by atoms with Gasteiger partial charge in [0.05, 0.1) is 0 Å². The minimum atomic E-state index is -5.63. The van der Waals surface area contributed by atoms with Gasteiger partial charge < -0.3 is 0 Å². The van der Waals surface area contributed by atoms with Gasteiger partial charge in [-0.3, -0.25) is 4.84 Å². The summed E-state index contributed by atoms with van der Waals surface area (Å²) in [4.78, 5) is 4.36. The Labute approximate surface area is 94.1 Å². The van der Waals surface area contributed by atoms with Gasteiger partial charge in [-0.15, -0.1) is 0 Å². The number of halogens is 5. The van der Waals surface area contributed by atoms with Crippen molar-refractivity contribution in [1.82, 2.24) is 0 Å². The fourth-order valence-electron chi connectivity index (χ4n) is 1.23. The monoisotopic (exact) mass is 255 g/mol. The van der Waals surface area contributed by atoms with Gasteiger partial charge in [-0.2, -0.15) is 22.0 Å². The van der Waals surface area contributed by atoms with Crippen molar-refractivity contribution in [3.8, 4) is 0 Å². The zero-order valence-electron chi connectivity index (χ0n) is 8.76. The maximum atomic E-state index is 13.0. The Bertz CT molecular complexity index is 391. The Hall–Kier alpha value is -1.21. The highest BCUT2D eigenvalue weighted by Gasteiger charge is 2.58. The van der Waals surface area contributed by atoms with E-state index < -0.39 is 23.8 Å². The van der Waals surface area contributed by atoms with Gasteiger partial charge >= 0.3 is 12.1 Å². The predicted octanol–water partition coefficient (Wildman–Crippen LogP) is 3.29. The molecule has 0 aliphatic carbocycles. The Balaban J connectivity index is 3.16. The highest BCUT2D eigenvalue weighted by molar-refractivity contribution is 5.29. The van der Waals surface area contributed by atoms with Gasteiger partial charge in [0, 0.05) is 5.56 Å². The van der Waals surface area contributed by atoms with Crippen molar-refractivity contribution < 1.29 is 26.8 Å². The highest BCUT2D eigenvalue weighted by Crippen LogP contribution is 2.44. The van der Waals surface area contributed by atoms with Crippen molar-refractivity contribution in [2.45, 2.75) is 25.1 Å². The van der Waals surface area contributed by atoms with E-state index in [4.69, 9.17) is 5.90 Å². The molecule has 0 aromatic heterocycles. The third-order valence-electron chi connectivity index (χ3n) is 2.28. The first-order valence-corrected chi connectivity index (χ1v) is 4.60. The molecule has 0 bridgehead atoms. The van der Waals surface area contributed by atoms with Crippen molar-refractivity contribution >= 4 is 0 Å². The fourth-order valence-corrected chi connectivity index (χ4v) is 1.23. The van der Waals surface area contributed by atoms with E-state index in [-0.39, 0.29) is 5.56 Å². The molecule has 0 radical (unpaired) electrons. The number of hydrogen-bond acceptors (Lipinski definition) is 2. The lowest BCUT2D eigenvalue weighted by Crippen LogP contribution is -2.33. The second-order valence-corrected chi connectivity index (χ2v) is 3.48. The third-order valence-corrected chi connectivity index (χ3v) is 2.28. The average Bonchev–Trinajstić information content (AvgIpc) is 2.26. The van der Waals surface area contributed by atoms with Gasteiger partial charge in [-0.25, -0.2) is 5.90 Å². The summed E-state index contributed by atoms with van der Waals surface area (Å²) in [5, 5.41) is 0. The van der Waals surface area contributed by atoms with Crippen molar-refractivity contribution in [2.24, 2.45) is 5.90 Å². The van der Waals surface area contributed by atoms with Crippen LogP contribution in [0.25, 0.3) is 0 Å². The lowest BCUT2D eigenvalue weighted by atomic mass is 10.0. The summed E-state index contributed by atoms with van der Waals surface area (Å²) in [6.07, 6.45) is -6.39. The first-order valence-electron chi connectivity index (χ1n) is 4.60. The first-order chi connectivity index (χ1) is 7.70. The molecule has 0 saturated heterocycles. The topological polar surface area (TPSA) is 35.2 Å². The maximum Gasteiger partial charge on any atom is 0.458 e. The second kappa shape index (κ2) is 4.58. The van der Waals surface area contributed by atoms with Crippen molar-refractivity contribution in [1.29, 1.82) is 0 Å². The second-order valence-electron chi connectivity index (χ2n) is 3.48. The molecule has 0 aliphatic heterocycles. The van der Waals surface area contributed by atoms with Crippen LogP contribution in [0.5, 0.6) is 0 Å². The summed E-state index contributed by atoms with van der Waals surface area (Å²) < 4.78 is 62.4. The van der Waals surface area contributed by atoms with E-state index >= 15 is 0 Å². The van der Waals surface area contributed by atoms with Crippen LogP contribution in [0, 0.1) is 0 Å². The first kappa shape index (κ1) is 13.9. The molecule has 1 aromatic carbocycles. The zero-order valence-corrected chi connectivity index (χ0v) is 8.76. The normalized spacial score (nSPS) is 14.8. The number of nitrogens with two attached hydrogens (primary N) is 1. The lowest BCUT2D eigenvalue weighted by Gasteiger charge is -2.21. The molecule has 7 heteroatoms. The standard InChI is InChI=1S/C10H10F5NO/c1-6(17-16)7-3-2-4-8(5-7)9(11,12)10(13,14)15/h2-6H,16H2,1H3. The molecule has 17 heavy (non-hydrogen) atoms. The summed E-state index contributed by atoms with van der Waals surface area (Å²) in [6.45, 7) is 1.44. The predicted molar refractivity (Wildman–Crippen MR) is 50.1 cm³/mol. The molecule has 1 rings (SSSR count). The van der Waals surface area contributed by atoms with E-state index in [9.17, 15) is 22.0 Å². The molecule has 0 saturated carbocycles. The molecule has 0 spiro atoms. The van der Waals surface area contributed by atoms with E-state index in [1.54, 1.807) is 0 Å². The van der Waals surface area contributed by atoms with Crippen LogP contribution >= 0.6 is 0 Å². The van der Waals surface area contributed by atoms with E-state index in [1.165, 1.54) is 13.0 Å². The summed E-state index contributed by atoms with van der Waals surface area (Å²) in [5.41, 5.74) is -0.986. The van der Waals surface area contributed by atoms with Crippen molar-refractivity contribution in [2.75, 3.05) is 0 Å². The minimum Gasteiger partial charge on any atom is -0.297 e. The summed E-state index contributed by atoms with van der Waals surface area (Å²) in [5.74, 6) is -0.0523. The molecule has 1 atom stereocenters. The van der Waals surface area contributed by atoms with E-state index in [0.29, 0.717) is 6.07 Å². The number of hydrogen-bond donors (Lipinski definition) is 1. The van der Waals surface area contributed by atoms with Crippen molar-refractivity contribution in [3.63, 3.8) is 0 Å². The molecule has 0 fully saturated rings. The highest BCUT2D eigenvalue weighted by atomic mass is 19.4. The van der Waals surface area contributed by atoms with Crippen LogP contribution in [0.3, 0.4) is 0 Å². The van der Waals surface area contributed by atoms with Crippen LogP contribution in [-0.2, 0) is 10.8 Å². The van der Waals surface area contributed by atoms with Gasteiger partial charge in [0.25, 0.3) is 0 Å². The molecular weight excluding hydrogens is 245 g/mol. The third kappa shape index (κ3) is 2.73. The van der Waals surface area contributed by atoms with Gasteiger partial charge in [0.1, 0.15) is 6.10 Å². The zero-order chi connectivity index (χ0) is 13.3. The summed E-state index contributed by atoms with van der Waals surface area (Å²) in [6, 6.07) is 3.89. The Kier molecular flexibility index (Phi) is 3.73. The SMILES string of the molecule is CC(ON)c1cccc(C(F)(F)C(F)(F)F)c1. The number of rotatable bonds is 3. The molecular formula is C10H10F5NO. The van der Waals surface area contributed by atoms with E-state index in [0.717, 1.165) is 12.1 Å². The molecule has 0 amide bonds. The number of benzene rings is 1. The largest absolute Gasteiger partial charge is 0.458 e. The van der Waals surface area contributed by atoms with Gasteiger partial charge in [-0.1, -0.05) is 18.2 Å². The van der Waals surface area contributed by atoms with Crippen LogP contribution in [-0.4, -0.2) is 6.18 Å². The minimum absolute atomic E-state index is 0.147. The van der Waals surface area contributed by atoms with E-state index in [1.807, 2.05) is 0 Å². The Morgan fingerprint density at radius 3 is 2.24 bits per heavy atom. The molecule has 2 N–H and O–H groups in total. The number of alkyl halides is 5. The molecule has 96 valence electrons. The van der Waals surface area contributed by atoms with Crippen LogP contribution in [0.1, 0.15) is 24.2 Å². The van der Waals surface area contributed by atoms with E-state index in [2.05, 4.69) is 4.84 Å². The summed E-state index contributed by atoms with van der Waals surface area (Å²) >= 11 is 0. The van der Waals surface area contributed by atoms with Gasteiger partial charge in [0.2, 0.25) is 0 Å². The average molecular weight is 255 g/mol. The maximum absolute atomic E-state index is 13.0. The van der Waals surface area contributed by atoms with Gasteiger partial charge in [-0.05, 0) is 18.6 Å².